The summed E-state index contributed by atoms with van der Waals surface area (Å²) in [6.45, 7) is 8.14. The van der Waals surface area contributed by atoms with Crippen molar-refractivity contribution < 1.29 is 10.2 Å². The number of rotatable bonds is 27. The van der Waals surface area contributed by atoms with Crippen LogP contribution in [0, 0.1) is 0 Å². The smallest absolute Gasteiger partial charge is 0.120 e. The van der Waals surface area contributed by atoms with E-state index in [-0.39, 0.29) is 0 Å². The zero-order valence-corrected chi connectivity index (χ0v) is 25.1. The second-order valence-electron chi connectivity index (χ2n) is 11.1. The second-order valence-corrected chi connectivity index (χ2v) is 11.1. The summed E-state index contributed by atoms with van der Waals surface area (Å²) >= 11 is 0. The number of benzene rings is 2. The van der Waals surface area contributed by atoms with Gasteiger partial charge in [-0.1, -0.05) is 87.8 Å². The van der Waals surface area contributed by atoms with Gasteiger partial charge in [-0.25, -0.2) is 0 Å². The van der Waals surface area contributed by atoms with E-state index in [9.17, 15) is 10.2 Å². The molecule has 6 N–H and O–H groups in total. The van der Waals surface area contributed by atoms with Crippen LogP contribution in [0.1, 0.15) is 101 Å². The SMILES string of the molecule is Oc1ccccc1CNCCCCCCNCCCCCCCCNCCCCCCNCc1ccccc1O. The number of hydrogen-bond acceptors (Lipinski definition) is 6. The molecule has 0 aliphatic rings. The molecule has 0 bridgehead atoms. The normalized spacial score (nSPS) is 11.3. The molecule has 6 heteroatoms. The lowest BCUT2D eigenvalue weighted by Gasteiger charge is -2.08. The van der Waals surface area contributed by atoms with Crippen molar-refractivity contribution in [2.45, 2.75) is 103 Å². The van der Waals surface area contributed by atoms with Crippen molar-refractivity contribution in [3.8, 4) is 11.5 Å². The van der Waals surface area contributed by atoms with Gasteiger partial charge in [-0.3, -0.25) is 0 Å². The Kier molecular flexibility index (Phi) is 21.0. The summed E-state index contributed by atoms with van der Waals surface area (Å²) in [6, 6.07) is 15.1. The zero-order chi connectivity index (χ0) is 28.4. The van der Waals surface area contributed by atoms with E-state index in [0.717, 1.165) is 63.5 Å². The van der Waals surface area contributed by atoms with Crippen molar-refractivity contribution in [3.63, 3.8) is 0 Å². The third-order valence-electron chi connectivity index (χ3n) is 7.49. The molecule has 0 aliphatic carbocycles. The van der Waals surface area contributed by atoms with Gasteiger partial charge in [0.25, 0.3) is 0 Å². The van der Waals surface area contributed by atoms with Crippen LogP contribution in [0.3, 0.4) is 0 Å². The highest BCUT2D eigenvalue weighted by atomic mass is 16.3. The molecule has 0 heterocycles. The highest BCUT2D eigenvalue weighted by Gasteiger charge is 2.00. The summed E-state index contributed by atoms with van der Waals surface area (Å²) in [5.41, 5.74) is 1.95. The van der Waals surface area contributed by atoms with Crippen molar-refractivity contribution in [3.05, 3.63) is 59.7 Å². The molecule has 0 saturated carbocycles. The van der Waals surface area contributed by atoms with E-state index in [1.165, 1.54) is 89.9 Å². The number of aromatic hydroxyl groups is 2. The predicted octanol–water partition coefficient (Wildman–Crippen LogP) is 6.62. The summed E-state index contributed by atoms with van der Waals surface area (Å²) < 4.78 is 0. The Morgan fingerprint density at radius 3 is 0.950 bits per heavy atom. The fourth-order valence-electron chi connectivity index (χ4n) is 4.93. The average molecular weight is 555 g/mol. The van der Waals surface area contributed by atoms with Crippen molar-refractivity contribution >= 4 is 0 Å². The van der Waals surface area contributed by atoms with E-state index in [1.54, 1.807) is 12.1 Å². The van der Waals surface area contributed by atoms with E-state index < -0.39 is 0 Å². The van der Waals surface area contributed by atoms with Gasteiger partial charge in [0.2, 0.25) is 0 Å². The van der Waals surface area contributed by atoms with Crippen LogP contribution >= 0.6 is 0 Å². The molecule has 0 unspecified atom stereocenters. The van der Waals surface area contributed by atoms with Crippen LogP contribution < -0.4 is 21.3 Å². The van der Waals surface area contributed by atoms with Crippen LogP contribution in [0.2, 0.25) is 0 Å². The summed E-state index contributed by atoms with van der Waals surface area (Å²) in [5.74, 6) is 0.769. The Balaban J connectivity index is 1.19. The van der Waals surface area contributed by atoms with Crippen LogP contribution in [0.4, 0.5) is 0 Å². The largest absolute Gasteiger partial charge is 0.508 e. The van der Waals surface area contributed by atoms with Gasteiger partial charge in [-0.05, 0) is 89.9 Å². The highest BCUT2D eigenvalue weighted by Crippen LogP contribution is 2.15. The topological polar surface area (TPSA) is 88.6 Å². The van der Waals surface area contributed by atoms with Crippen LogP contribution in [-0.2, 0) is 13.1 Å². The molecule has 0 aromatic heterocycles. The molecular weight excluding hydrogens is 496 g/mol. The van der Waals surface area contributed by atoms with Crippen LogP contribution in [0.25, 0.3) is 0 Å². The van der Waals surface area contributed by atoms with E-state index in [1.807, 2.05) is 36.4 Å². The lowest BCUT2D eigenvalue weighted by atomic mass is 10.1. The summed E-state index contributed by atoms with van der Waals surface area (Å²) in [5, 5.41) is 33.6. The van der Waals surface area contributed by atoms with Gasteiger partial charge in [-0.2, -0.15) is 0 Å². The summed E-state index contributed by atoms with van der Waals surface area (Å²) in [4.78, 5) is 0. The van der Waals surface area contributed by atoms with Crippen molar-refractivity contribution in [2.75, 3.05) is 39.3 Å². The maximum absolute atomic E-state index is 9.77. The van der Waals surface area contributed by atoms with Gasteiger partial charge < -0.3 is 31.5 Å². The van der Waals surface area contributed by atoms with E-state index >= 15 is 0 Å². The number of phenolic OH excluding ortho intramolecular Hbond substituents is 2. The van der Waals surface area contributed by atoms with E-state index in [2.05, 4.69) is 21.3 Å². The lowest BCUT2D eigenvalue weighted by Crippen LogP contribution is -2.17. The molecule has 2 rings (SSSR count). The first-order chi connectivity index (χ1) is 19.8. The maximum Gasteiger partial charge on any atom is 0.120 e. The minimum Gasteiger partial charge on any atom is -0.508 e. The van der Waals surface area contributed by atoms with Gasteiger partial charge in [0.15, 0.2) is 0 Å². The summed E-state index contributed by atoms with van der Waals surface area (Å²) in [7, 11) is 0. The molecule has 0 amide bonds. The van der Waals surface area contributed by atoms with Gasteiger partial charge >= 0.3 is 0 Å². The van der Waals surface area contributed by atoms with Gasteiger partial charge in [0.05, 0.1) is 0 Å². The Labute approximate surface area is 244 Å². The van der Waals surface area contributed by atoms with Gasteiger partial charge in [0, 0.05) is 24.2 Å². The highest BCUT2D eigenvalue weighted by molar-refractivity contribution is 5.32. The molecule has 0 radical (unpaired) electrons. The Bertz CT molecular complexity index is 779. The number of nitrogens with one attached hydrogen (secondary N) is 4. The molecule has 0 spiro atoms. The predicted molar refractivity (Wildman–Crippen MR) is 170 cm³/mol. The number of hydrogen-bond donors (Lipinski definition) is 6. The lowest BCUT2D eigenvalue weighted by molar-refractivity contribution is 0.463. The fourth-order valence-corrected chi connectivity index (χ4v) is 4.93. The molecule has 6 nitrogen and oxygen atoms in total. The third-order valence-corrected chi connectivity index (χ3v) is 7.49. The molecule has 0 atom stereocenters. The van der Waals surface area contributed by atoms with E-state index in [4.69, 9.17) is 0 Å². The first-order valence-electron chi connectivity index (χ1n) is 16.1. The fraction of sp³-hybridized carbons (Fsp3) is 0.647. The molecule has 2 aromatic carbocycles. The van der Waals surface area contributed by atoms with Crippen molar-refractivity contribution in [2.24, 2.45) is 0 Å². The molecular formula is C34H58N4O2. The molecule has 40 heavy (non-hydrogen) atoms. The van der Waals surface area contributed by atoms with E-state index in [0.29, 0.717) is 11.5 Å². The van der Waals surface area contributed by atoms with Crippen molar-refractivity contribution in [1.82, 2.24) is 21.3 Å². The first kappa shape index (κ1) is 34.1. The van der Waals surface area contributed by atoms with Crippen LogP contribution in [0.15, 0.2) is 48.5 Å². The van der Waals surface area contributed by atoms with Crippen LogP contribution in [-0.4, -0.2) is 49.5 Å². The average Bonchev–Trinajstić information content (AvgIpc) is 2.96. The number of unbranched alkanes of at least 4 members (excludes halogenated alkanes) is 11. The van der Waals surface area contributed by atoms with Gasteiger partial charge in [-0.15, -0.1) is 0 Å². The quantitative estimate of drug-likeness (QED) is 0.0696. The second kappa shape index (κ2) is 24.7. The number of para-hydroxylation sites is 2. The molecule has 226 valence electrons. The molecule has 0 saturated heterocycles. The Morgan fingerprint density at radius 2 is 0.625 bits per heavy atom. The standard InChI is InChI=1S/C34H58N4O2/c39-33-21-11-9-19-31(33)29-37-27-17-7-5-15-25-35-23-13-3-1-2-4-14-24-36-26-16-6-8-18-28-38-30-32-20-10-12-22-34(32)40/h9-12,19-22,35-40H,1-8,13-18,23-30H2. The third kappa shape index (κ3) is 18.3. The van der Waals surface area contributed by atoms with Crippen LogP contribution in [0.5, 0.6) is 11.5 Å². The minimum absolute atomic E-state index is 0.385. The molecule has 0 aliphatic heterocycles. The zero-order valence-electron chi connectivity index (χ0n) is 25.1. The minimum atomic E-state index is 0.385. The summed E-state index contributed by atoms with van der Waals surface area (Å²) in [6.07, 6.45) is 18.1. The maximum atomic E-state index is 9.77. The van der Waals surface area contributed by atoms with Gasteiger partial charge in [0.1, 0.15) is 11.5 Å². The Morgan fingerprint density at radius 1 is 0.350 bits per heavy atom. The first-order valence-corrected chi connectivity index (χ1v) is 16.1. The molecule has 0 fully saturated rings. The molecule has 2 aromatic rings. The number of phenols is 2. The monoisotopic (exact) mass is 554 g/mol. The Hall–Kier alpha value is -2.12. The van der Waals surface area contributed by atoms with Crippen molar-refractivity contribution in [1.29, 1.82) is 0 Å².